The summed E-state index contributed by atoms with van der Waals surface area (Å²) >= 11 is 0. The fourth-order valence-electron chi connectivity index (χ4n) is 1.90. The number of rotatable bonds is 2. The molecule has 1 fully saturated rings. The first-order valence-corrected chi connectivity index (χ1v) is 5.12. The molecule has 1 aromatic carbocycles. The Bertz CT molecular complexity index is 359. The van der Waals surface area contributed by atoms with Gasteiger partial charge in [0.1, 0.15) is 0 Å². The molecule has 80 valence electrons. The fourth-order valence-corrected chi connectivity index (χ4v) is 1.90. The fraction of sp³-hybridized carbons (Fsp3) is 0.364. The molecule has 2 rings (SSSR count). The van der Waals surface area contributed by atoms with Crippen LogP contribution < -0.4 is 16.4 Å². The number of benzene rings is 1. The van der Waals surface area contributed by atoms with Gasteiger partial charge in [-0.1, -0.05) is 18.2 Å². The monoisotopic (exact) mass is 205 g/mol. The maximum absolute atomic E-state index is 11.2. The van der Waals surface area contributed by atoms with E-state index in [1.165, 1.54) is 0 Å². The Morgan fingerprint density at radius 1 is 1.33 bits per heavy atom. The van der Waals surface area contributed by atoms with Gasteiger partial charge in [0.05, 0.1) is 0 Å². The van der Waals surface area contributed by atoms with Crippen LogP contribution in [0, 0.1) is 0 Å². The summed E-state index contributed by atoms with van der Waals surface area (Å²) in [4.78, 5) is 11.2. The van der Waals surface area contributed by atoms with Crippen molar-refractivity contribution in [1.29, 1.82) is 0 Å². The SMILES string of the molecule is NC(=O)c1ccccc1C1CNCCN1. The molecule has 0 aromatic heterocycles. The van der Waals surface area contributed by atoms with Gasteiger partial charge in [-0.15, -0.1) is 0 Å². The van der Waals surface area contributed by atoms with Crippen LogP contribution in [0.4, 0.5) is 0 Å². The van der Waals surface area contributed by atoms with Crippen molar-refractivity contribution in [2.45, 2.75) is 6.04 Å². The number of hydrogen-bond donors (Lipinski definition) is 3. The van der Waals surface area contributed by atoms with E-state index in [1.807, 2.05) is 18.2 Å². The first kappa shape index (κ1) is 10.1. The Kier molecular flexibility index (Phi) is 2.99. The summed E-state index contributed by atoms with van der Waals surface area (Å²) in [6, 6.07) is 7.67. The number of piperazine rings is 1. The first-order chi connectivity index (χ1) is 7.29. The quantitative estimate of drug-likeness (QED) is 0.637. The molecule has 1 heterocycles. The molecule has 1 atom stereocenters. The molecule has 4 heteroatoms. The van der Waals surface area contributed by atoms with E-state index in [-0.39, 0.29) is 11.9 Å². The second-order valence-corrected chi connectivity index (χ2v) is 3.66. The molecular weight excluding hydrogens is 190 g/mol. The van der Waals surface area contributed by atoms with E-state index < -0.39 is 0 Å². The van der Waals surface area contributed by atoms with E-state index in [0.29, 0.717) is 5.56 Å². The maximum Gasteiger partial charge on any atom is 0.249 e. The van der Waals surface area contributed by atoms with Crippen LogP contribution in [-0.2, 0) is 0 Å². The molecule has 1 amide bonds. The van der Waals surface area contributed by atoms with Gasteiger partial charge in [-0.2, -0.15) is 0 Å². The molecule has 1 unspecified atom stereocenters. The van der Waals surface area contributed by atoms with Gasteiger partial charge in [-0.3, -0.25) is 4.79 Å². The molecule has 0 saturated carbocycles. The zero-order valence-electron chi connectivity index (χ0n) is 8.49. The number of nitrogens with one attached hydrogen (secondary N) is 2. The Morgan fingerprint density at radius 2 is 2.13 bits per heavy atom. The van der Waals surface area contributed by atoms with Crippen LogP contribution in [0.5, 0.6) is 0 Å². The minimum atomic E-state index is -0.363. The zero-order chi connectivity index (χ0) is 10.7. The van der Waals surface area contributed by atoms with Crippen LogP contribution >= 0.6 is 0 Å². The Labute approximate surface area is 88.9 Å². The molecule has 0 aliphatic carbocycles. The van der Waals surface area contributed by atoms with Crippen molar-refractivity contribution in [3.05, 3.63) is 35.4 Å². The number of nitrogens with two attached hydrogens (primary N) is 1. The standard InChI is InChI=1S/C11H15N3O/c12-11(15)9-4-2-1-3-8(9)10-7-13-5-6-14-10/h1-4,10,13-14H,5-7H2,(H2,12,15). The van der Waals surface area contributed by atoms with Crippen molar-refractivity contribution in [2.24, 2.45) is 5.73 Å². The summed E-state index contributed by atoms with van der Waals surface area (Å²) in [5.74, 6) is -0.363. The number of amides is 1. The maximum atomic E-state index is 11.2. The lowest BCUT2D eigenvalue weighted by Gasteiger charge is -2.26. The van der Waals surface area contributed by atoms with Gasteiger partial charge < -0.3 is 16.4 Å². The Balaban J connectivity index is 2.29. The molecule has 0 bridgehead atoms. The summed E-state index contributed by atoms with van der Waals surface area (Å²) in [5.41, 5.74) is 6.93. The molecule has 1 aromatic rings. The van der Waals surface area contributed by atoms with Crippen LogP contribution in [0.1, 0.15) is 22.0 Å². The van der Waals surface area contributed by atoms with E-state index in [1.54, 1.807) is 6.07 Å². The summed E-state index contributed by atoms with van der Waals surface area (Å²) in [7, 11) is 0. The third kappa shape index (κ3) is 2.16. The highest BCUT2D eigenvalue weighted by Gasteiger charge is 2.18. The van der Waals surface area contributed by atoms with Gasteiger partial charge >= 0.3 is 0 Å². The van der Waals surface area contributed by atoms with Crippen LogP contribution in [0.3, 0.4) is 0 Å². The highest BCUT2D eigenvalue weighted by Crippen LogP contribution is 2.18. The number of primary amides is 1. The van der Waals surface area contributed by atoms with E-state index >= 15 is 0 Å². The van der Waals surface area contributed by atoms with Crippen LogP contribution in [-0.4, -0.2) is 25.5 Å². The smallest absolute Gasteiger partial charge is 0.249 e. The number of carbonyl (C=O) groups excluding carboxylic acids is 1. The zero-order valence-corrected chi connectivity index (χ0v) is 8.49. The predicted molar refractivity (Wildman–Crippen MR) is 58.6 cm³/mol. The van der Waals surface area contributed by atoms with Crippen molar-refractivity contribution in [3.8, 4) is 0 Å². The van der Waals surface area contributed by atoms with Crippen molar-refractivity contribution >= 4 is 5.91 Å². The average molecular weight is 205 g/mol. The molecule has 4 nitrogen and oxygen atoms in total. The van der Waals surface area contributed by atoms with Gasteiger partial charge in [-0.25, -0.2) is 0 Å². The van der Waals surface area contributed by atoms with Crippen LogP contribution in [0.15, 0.2) is 24.3 Å². The number of hydrogen-bond acceptors (Lipinski definition) is 3. The van der Waals surface area contributed by atoms with Crippen LogP contribution in [0.25, 0.3) is 0 Å². The lowest BCUT2D eigenvalue weighted by molar-refractivity contribution is 0.0998. The molecule has 1 aliphatic heterocycles. The highest BCUT2D eigenvalue weighted by atomic mass is 16.1. The minimum Gasteiger partial charge on any atom is -0.366 e. The molecular formula is C11H15N3O. The Morgan fingerprint density at radius 3 is 2.80 bits per heavy atom. The van der Waals surface area contributed by atoms with E-state index in [2.05, 4.69) is 10.6 Å². The molecule has 1 saturated heterocycles. The van der Waals surface area contributed by atoms with Crippen molar-refractivity contribution in [2.75, 3.05) is 19.6 Å². The summed E-state index contributed by atoms with van der Waals surface area (Å²) in [5, 5.41) is 6.65. The molecule has 0 radical (unpaired) electrons. The summed E-state index contributed by atoms with van der Waals surface area (Å²) in [6.45, 7) is 2.72. The van der Waals surface area contributed by atoms with Crippen molar-refractivity contribution in [3.63, 3.8) is 0 Å². The third-order valence-electron chi connectivity index (χ3n) is 2.64. The lowest BCUT2D eigenvalue weighted by atomic mass is 9.99. The molecule has 1 aliphatic rings. The van der Waals surface area contributed by atoms with Crippen LogP contribution in [0.2, 0.25) is 0 Å². The molecule has 0 spiro atoms. The number of carbonyl (C=O) groups is 1. The van der Waals surface area contributed by atoms with Crippen molar-refractivity contribution in [1.82, 2.24) is 10.6 Å². The normalized spacial score (nSPS) is 21.2. The lowest BCUT2D eigenvalue weighted by Crippen LogP contribution is -2.43. The van der Waals surface area contributed by atoms with Gasteiger partial charge in [0.15, 0.2) is 0 Å². The van der Waals surface area contributed by atoms with E-state index in [0.717, 1.165) is 25.2 Å². The van der Waals surface area contributed by atoms with Gasteiger partial charge in [0.2, 0.25) is 5.91 Å². The third-order valence-corrected chi connectivity index (χ3v) is 2.64. The molecule has 15 heavy (non-hydrogen) atoms. The van der Waals surface area contributed by atoms with Gasteiger partial charge in [0.25, 0.3) is 0 Å². The first-order valence-electron chi connectivity index (χ1n) is 5.12. The summed E-state index contributed by atoms with van der Waals surface area (Å²) < 4.78 is 0. The van der Waals surface area contributed by atoms with E-state index in [4.69, 9.17) is 5.73 Å². The highest BCUT2D eigenvalue weighted by molar-refractivity contribution is 5.94. The van der Waals surface area contributed by atoms with Gasteiger partial charge in [-0.05, 0) is 11.6 Å². The largest absolute Gasteiger partial charge is 0.366 e. The summed E-state index contributed by atoms with van der Waals surface area (Å²) in [6.07, 6.45) is 0. The van der Waals surface area contributed by atoms with E-state index in [9.17, 15) is 4.79 Å². The van der Waals surface area contributed by atoms with Crippen molar-refractivity contribution < 1.29 is 4.79 Å². The second kappa shape index (κ2) is 4.42. The predicted octanol–water partition coefficient (Wildman–Crippen LogP) is 0.0194. The molecule has 4 N–H and O–H groups in total. The van der Waals surface area contributed by atoms with Gasteiger partial charge in [0, 0.05) is 31.2 Å². The average Bonchev–Trinajstić information content (AvgIpc) is 2.30. The topological polar surface area (TPSA) is 67.2 Å². The minimum absolute atomic E-state index is 0.183. The second-order valence-electron chi connectivity index (χ2n) is 3.66. The Hall–Kier alpha value is -1.39.